The third kappa shape index (κ3) is 4.43. The van der Waals surface area contributed by atoms with Crippen LogP contribution in [0, 0.1) is 11.3 Å². The second-order valence-corrected chi connectivity index (χ2v) is 8.89. The zero-order chi connectivity index (χ0) is 21.1. The van der Waals surface area contributed by atoms with Gasteiger partial charge in [0.1, 0.15) is 16.9 Å². The average Bonchev–Trinajstić information content (AvgIpc) is 3.27. The fourth-order valence-corrected chi connectivity index (χ4v) is 4.51. The second-order valence-electron chi connectivity index (χ2n) is 7.01. The molecule has 1 aliphatic heterocycles. The maximum absolute atomic E-state index is 12.4. The molecule has 0 aliphatic carbocycles. The Bertz CT molecular complexity index is 1110. The quantitative estimate of drug-likeness (QED) is 0.530. The highest BCUT2D eigenvalue weighted by Crippen LogP contribution is 2.37. The standard InChI is InChI=1S/C22H19BrN4O2S/c1-27-9-8-18-17(12-27)21(19-3-2-10-29-19)16(11-24)22(26-18)30-13-20(28)25-15-6-4-14(23)5-7-15/h2-7,10H,8-9,12-13H2,1H3,(H,25,28). The number of anilines is 1. The van der Waals surface area contributed by atoms with Gasteiger partial charge >= 0.3 is 0 Å². The van der Waals surface area contributed by atoms with Crippen molar-refractivity contribution in [3.8, 4) is 17.4 Å². The van der Waals surface area contributed by atoms with Gasteiger partial charge in [-0.1, -0.05) is 27.7 Å². The van der Waals surface area contributed by atoms with E-state index in [4.69, 9.17) is 9.40 Å². The minimum Gasteiger partial charge on any atom is -0.464 e. The Labute approximate surface area is 187 Å². The topological polar surface area (TPSA) is 82.2 Å². The first-order valence-corrected chi connectivity index (χ1v) is 11.2. The molecule has 30 heavy (non-hydrogen) atoms. The molecule has 1 aliphatic rings. The molecule has 0 atom stereocenters. The van der Waals surface area contributed by atoms with Gasteiger partial charge in [0.25, 0.3) is 0 Å². The molecule has 0 radical (unpaired) electrons. The minimum atomic E-state index is -0.148. The number of halogens is 1. The number of hydrogen-bond acceptors (Lipinski definition) is 6. The number of amides is 1. The van der Waals surface area contributed by atoms with Gasteiger partial charge in [0.2, 0.25) is 5.91 Å². The Morgan fingerprint density at radius 1 is 1.37 bits per heavy atom. The smallest absolute Gasteiger partial charge is 0.234 e. The van der Waals surface area contributed by atoms with Crippen LogP contribution in [-0.4, -0.2) is 35.1 Å². The van der Waals surface area contributed by atoms with Crippen LogP contribution in [0.15, 0.2) is 56.6 Å². The fourth-order valence-electron chi connectivity index (χ4n) is 3.44. The summed E-state index contributed by atoms with van der Waals surface area (Å²) < 4.78 is 6.59. The van der Waals surface area contributed by atoms with Crippen molar-refractivity contribution in [2.75, 3.05) is 24.7 Å². The molecule has 0 fully saturated rings. The molecule has 8 heteroatoms. The molecule has 2 aromatic heterocycles. The van der Waals surface area contributed by atoms with E-state index >= 15 is 0 Å². The summed E-state index contributed by atoms with van der Waals surface area (Å²) in [5.74, 6) is 0.667. The van der Waals surface area contributed by atoms with Crippen molar-refractivity contribution in [2.24, 2.45) is 0 Å². The van der Waals surface area contributed by atoms with Crippen LogP contribution in [0.4, 0.5) is 5.69 Å². The van der Waals surface area contributed by atoms with E-state index in [1.807, 2.05) is 36.4 Å². The summed E-state index contributed by atoms with van der Waals surface area (Å²) in [6.45, 7) is 1.61. The number of rotatable bonds is 5. The molecule has 6 nitrogen and oxygen atoms in total. The lowest BCUT2D eigenvalue weighted by atomic mass is 9.95. The first-order chi connectivity index (χ1) is 14.5. The normalized spacial score (nSPS) is 13.5. The van der Waals surface area contributed by atoms with E-state index in [9.17, 15) is 10.1 Å². The van der Waals surface area contributed by atoms with Crippen LogP contribution in [0.3, 0.4) is 0 Å². The van der Waals surface area contributed by atoms with Crippen LogP contribution in [0.25, 0.3) is 11.3 Å². The van der Waals surface area contributed by atoms with E-state index in [2.05, 4.69) is 39.3 Å². The third-order valence-electron chi connectivity index (χ3n) is 4.86. The predicted molar refractivity (Wildman–Crippen MR) is 120 cm³/mol. The van der Waals surface area contributed by atoms with Crippen molar-refractivity contribution in [3.63, 3.8) is 0 Å². The van der Waals surface area contributed by atoms with Crippen LogP contribution < -0.4 is 5.32 Å². The summed E-state index contributed by atoms with van der Waals surface area (Å²) >= 11 is 4.66. The molecular weight excluding hydrogens is 464 g/mol. The summed E-state index contributed by atoms with van der Waals surface area (Å²) in [5, 5.41) is 13.4. The molecule has 0 saturated carbocycles. The summed E-state index contributed by atoms with van der Waals surface area (Å²) in [6.07, 6.45) is 2.40. The van der Waals surface area contributed by atoms with Gasteiger partial charge in [0, 0.05) is 46.5 Å². The molecule has 1 amide bonds. The first kappa shape index (κ1) is 20.7. The zero-order valence-electron chi connectivity index (χ0n) is 16.3. The van der Waals surface area contributed by atoms with Gasteiger partial charge in [-0.05, 0) is 43.4 Å². The fraction of sp³-hybridized carbons (Fsp3) is 0.227. The molecule has 3 aromatic rings. The number of carbonyl (C=O) groups is 1. The van der Waals surface area contributed by atoms with Gasteiger partial charge < -0.3 is 14.6 Å². The number of aromatic nitrogens is 1. The Kier molecular flexibility index (Phi) is 6.23. The lowest BCUT2D eigenvalue weighted by Crippen LogP contribution is -2.28. The molecule has 0 spiro atoms. The van der Waals surface area contributed by atoms with Gasteiger partial charge in [-0.15, -0.1) is 0 Å². The molecule has 0 bridgehead atoms. The van der Waals surface area contributed by atoms with E-state index in [1.54, 1.807) is 6.26 Å². The highest BCUT2D eigenvalue weighted by molar-refractivity contribution is 9.10. The number of hydrogen-bond donors (Lipinski definition) is 1. The summed E-state index contributed by atoms with van der Waals surface area (Å²) in [7, 11) is 2.05. The number of pyridine rings is 1. The lowest BCUT2D eigenvalue weighted by Gasteiger charge is -2.27. The van der Waals surface area contributed by atoms with E-state index in [-0.39, 0.29) is 11.7 Å². The summed E-state index contributed by atoms with van der Waals surface area (Å²) in [6, 6.07) is 13.4. The Morgan fingerprint density at radius 2 is 2.17 bits per heavy atom. The van der Waals surface area contributed by atoms with E-state index in [0.717, 1.165) is 39.9 Å². The van der Waals surface area contributed by atoms with Crippen molar-refractivity contribution < 1.29 is 9.21 Å². The molecule has 0 unspecified atom stereocenters. The van der Waals surface area contributed by atoms with Crippen LogP contribution in [-0.2, 0) is 17.8 Å². The molecule has 1 aromatic carbocycles. The number of benzene rings is 1. The number of fused-ring (bicyclic) bond motifs is 1. The molecule has 152 valence electrons. The Hall–Kier alpha value is -2.60. The van der Waals surface area contributed by atoms with E-state index in [0.29, 0.717) is 22.9 Å². The maximum Gasteiger partial charge on any atom is 0.234 e. The van der Waals surface area contributed by atoms with Crippen molar-refractivity contribution in [1.82, 2.24) is 9.88 Å². The predicted octanol–water partition coefficient (Wildman–Crippen LogP) is 4.69. The van der Waals surface area contributed by atoms with Crippen molar-refractivity contribution in [1.29, 1.82) is 5.26 Å². The van der Waals surface area contributed by atoms with Crippen molar-refractivity contribution >= 4 is 39.3 Å². The van der Waals surface area contributed by atoms with E-state index in [1.165, 1.54) is 11.8 Å². The molecule has 3 heterocycles. The molecule has 4 rings (SSSR count). The molecule has 1 N–H and O–H groups in total. The largest absolute Gasteiger partial charge is 0.464 e. The molecular formula is C22H19BrN4O2S. The van der Waals surface area contributed by atoms with Crippen molar-refractivity contribution in [2.45, 2.75) is 18.0 Å². The minimum absolute atomic E-state index is 0.148. The zero-order valence-corrected chi connectivity index (χ0v) is 18.7. The Balaban J connectivity index is 1.62. The number of nitrogens with one attached hydrogen (secondary N) is 1. The highest BCUT2D eigenvalue weighted by Gasteiger charge is 2.26. The number of likely N-dealkylation sites (N-methyl/N-ethyl adjacent to an activating group) is 1. The average molecular weight is 483 g/mol. The second kappa shape index (κ2) is 9.04. The Morgan fingerprint density at radius 3 is 2.87 bits per heavy atom. The van der Waals surface area contributed by atoms with Crippen molar-refractivity contribution in [3.05, 3.63) is 64.0 Å². The number of thioether (sulfide) groups is 1. The lowest BCUT2D eigenvalue weighted by molar-refractivity contribution is -0.113. The van der Waals surface area contributed by atoms with Gasteiger partial charge in [-0.25, -0.2) is 4.98 Å². The third-order valence-corrected chi connectivity index (χ3v) is 6.36. The van der Waals surface area contributed by atoms with E-state index < -0.39 is 0 Å². The van der Waals surface area contributed by atoms with Crippen LogP contribution in [0.5, 0.6) is 0 Å². The number of carbonyl (C=O) groups excluding carboxylic acids is 1. The molecule has 0 saturated heterocycles. The summed E-state index contributed by atoms with van der Waals surface area (Å²) in [5.41, 5.74) is 3.96. The SMILES string of the molecule is CN1CCc2nc(SCC(=O)Nc3ccc(Br)cc3)c(C#N)c(-c3ccco3)c2C1. The van der Waals surface area contributed by atoms with Crippen LogP contribution in [0.1, 0.15) is 16.8 Å². The van der Waals surface area contributed by atoms with Gasteiger partial charge in [0.05, 0.1) is 17.6 Å². The van der Waals surface area contributed by atoms with Gasteiger partial charge in [-0.2, -0.15) is 5.26 Å². The number of furan rings is 1. The monoisotopic (exact) mass is 482 g/mol. The van der Waals surface area contributed by atoms with Gasteiger partial charge in [0.15, 0.2) is 0 Å². The number of nitriles is 1. The van der Waals surface area contributed by atoms with Crippen LogP contribution in [0.2, 0.25) is 0 Å². The van der Waals surface area contributed by atoms with Crippen LogP contribution >= 0.6 is 27.7 Å². The maximum atomic E-state index is 12.4. The van der Waals surface area contributed by atoms with Gasteiger partial charge in [-0.3, -0.25) is 4.79 Å². The first-order valence-electron chi connectivity index (χ1n) is 9.41. The highest BCUT2D eigenvalue weighted by atomic mass is 79.9. The number of nitrogens with zero attached hydrogens (tertiary/aromatic N) is 3. The summed E-state index contributed by atoms with van der Waals surface area (Å²) in [4.78, 5) is 19.4.